The quantitative estimate of drug-likeness (QED) is 0.796. The van der Waals surface area contributed by atoms with Crippen molar-refractivity contribution in [1.82, 2.24) is 0 Å². The molecule has 0 heterocycles. The van der Waals surface area contributed by atoms with Crippen LogP contribution in [0.3, 0.4) is 0 Å². The second kappa shape index (κ2) is 4.86. The molecule has 3 aliphatic rings. The van der Waals surface area contributed by atoms with Gasteiger partial charge in [0.2, 0.25) is 0 Å². The minimum atomic E-state index is -0.594. The molecule has 2 heteroatoms. The average Bonchev–Trinajstić information content (AvgIpc) is 2.46. The number of fused-ring (bicyclic) bond motifs is 3. The van der Waals surface area contributed by atoms with E-state index in [0.717, 1.165) is 32.1 Å². The summed E-state index contributed by atoms with van der Waals surface area (Å²) in [6.07, 6.45) is 12.7. The SMILES string of the molecule is C=CC1=CC[C@H]2C(=C1)CCC1[C@]2(C)CCC[C@]1(C)C(=O)O. The molecule has 4 atom stereocenters. The largest absolute Gasteiger partial charge is 0.481 e. The molecule has 0 radical (unpaired) electrons. The number of rotatable bonds is 2. The topological polar surface area (TPSA) is 37.3 Å². The van der Waals surface area contributed by atoms with Crippen molar-refractivity contribution in [2.45, 2.75) is 52.4 Å². The first-order chi connectivity index (χ1) is 9.91. The Hall–Kier alpha value is -1.31. The molecule has 21 heavy (non-hydrogen) atoms. The maximum atomic E-state index is 11.9. The summed E-state index contributed by atoms with van der Waals surface area (Å²) in [5, 5.41) is 9.79. The van der Waals surface area contributed by atoms with E-state index in [0.29, 0.717) is 11.8 Å². The summed E-state index contributed by atoms with van der Waals surface area (Å²) in [5.74, 6) is 0.236. The Kier molecular flexibility index (Phi) is 3.38. The zero-order valence-electron chi connectivity index (χ0n) is 13.2. The molecule has 1 unspecified atom stereocenters. The van der Waals surface area contributed by atoms with Gasteiger partial charge in [0, 0.05) is 0 Å². The molecule has 0 aromatic rings. The van der Waals surface area contributed by atoms with Crippen molar-refractivity contribution >= 4 is 5.97 Å². The standard InChI is InChI=1S/C19H26O2/c1-4-13-6-8-15-14(12-13)7-9-16-18(15,2)10-5-11-19(16,3)17(20)21/h4,6,12,15-16H,1,5,7-11H2,2-3H3,(H,20,21)/t15-,16?,18+,19-/m0/s1. The molecule has 0 aromatic carbocycles. The smallest absolute Gasteiger partial charge is 0.309 e. The third-order valence-electron chi connectivity index (χ3n) is 6.61. The number of hydrogen-bond donors (Lipinski definition) is 1. The number of allylic oxidation sites excluding steroid dienone is 5. The van der Waals surface area contributed by atoms with Crippen molar-refractivity contribution in [1.29, 1.82) is 0 Å². The van der Waals surface area contributed by atoms with Gasteiger partial charge in [-0.2, -0.15) is 0 Å². The molecule has 3 aliphatic carbocycles. The molecule has 3 rings (SSSR count). The molecule has 114 valence electrons. The van der Waals surface area contributed by atoms with E-state index in [1.807, 2.05) is 13.0 Å². The molecule has 0 spiro atoms. The third kappa shape index (κ3) is 2.03. The van der Waals surface area contributed by atoms with E-state index in [4.69, 9.17) is 0 Å². The van der Waals surface area contributed by atoms with Crippen LogP contribution >= 0.6 is 0 Å². The van der Waals surface area contributed by atoms with Gasteiger partial charge in [-0.15, -0.1) is 0 Å². The van der Waals surface area contributed by atoms with Crippen LogP contribution < -0.4 is 0 Å². The first-order valence-electron chi connectivity index (χ1n) is 8.18. The van der Waals surface area contributed by atoms with Crippen molar-refractivity contribution in [3.63, 3.8) is 0 Å². The van der Waals surface area contributed by atoms with Crippen LogP contribution in [-0.2, 0) is 4.79 Å². The highest BCUT2D eigenvalue weighted by Gasteiger charge is 2.57. The monoisotopic (exact) mass is 286 g/mol. The molecule has 2 nitrogen and oxygen atoms in total. The predicted molar refractivity (Wildman–Crippen MR) is 84.9 cm³/mol. The fraction of sp³-hybridized carbons (Fsp3) is 0.632. The van der Waals surface area contributed by atoms with Crippen LogP contribution in [0.2, 0.25) is 0 Å². The lowest BCUT2D eigenvalue weighted by molar-refractivity contribution is -0.164. The Morgan fingerprint density at radius 3 is 2.86 bits per heavy atom. The van der Waals surface area contributed by atoms with Crippen LogP contribution in [0.5, 0.6) is 0 Å². The van der Waals surface area contributed by atoms with Crippen molar-refractivity contribution < 1.29 is 9.90 Å². The summed E-state index contributed by atoms with van der Waals surface area (Å²) < 4.78 is 0. The highest BCUT2D eigenvalue weighted by atomic mass is 16.4. The van der Waals surface area contributed by atoms with Gasteiger partial charge in [-0.1, -0.05) is 43.7 Å². The second-order valence-electron chi connectivity index (χ2n) is 7.59. The van der Waals surface area contributed by atoms with Crippen LogP contribution in [0.4, 0.5) is 0 Å². The molecule has 1 N–H and O–H groups in total. The number of hydrogen-bond acceptors (Lipinski definition) is 1. The van der Waals surface area contributed by atoms with Crippen LogP contribution in [0.1, 0.15) is 52.4 Å². The van der Waals surface area contributed by atoms with Gasteiger partial charge in [0.1, 0.15) is 0 Å². The maximum Gasteiger partial charge on any atom is 0.309 e. The van der Waals surface area contributed by atoms with Gasteiger partial charge in [0.25, 0.3) is 0 Å². The zero-order valence-corrected chi connectivity index (χ0v) is 13.2. The van der Waals surface area contributed by atoms with Crippen LogP contribution in [0, 0.1) is 22.7 Å². The second-order valence-corrected chi connectivity index (χ2v) is 7.59. The molecule has 2 fully saturated rings. The molecule has 0 bridgehead atoms. The van der Waals surface area contributed by atoms with Crippen molar-refractivity contribution in [2.75, 3.05) is 0 Å². The Bertz CT molecular complexity index is 542. The first-order valence-corrected chi connectivity index (χ1v) is 8.18. The van der Waals surface area contributed by atoms with Crippen molar-refractivity contribution in [3.8, 4) is 0 Å². The lowest BCUT2D eigenvalue weighted by Gasteiger charge is -2.57. The van der Waals surface area contributed by atoms with E-state index in [1.54, 1.807) is 0 Å². The summed E-state index contributed by atoms with van der Waals surface area (Å²) in [4.78, 5) is 11.9. The van der Waals surface area contributed by atoms with Crippen LogP contribution in [0.25, 0.3) is 0 Å². The minimum Gasteiger partial charge on any atom is -0.481 e. The molecule has 0 saturated heterocycles. The summed E-state index contributed by atoms with van der Waals surface area (Å²) in [7, 11) is 0. The fourth-order valence-corrected chi connectivity index (χ4v) is 5.41. The molecular formula is C19H26O2. The van der Waals surface area contributed by atoms with Gasteiger partial charge in [0.15, 0.2) is 0 Å². The van der Waals surface area contributed by atoms with E-state index in [2.05, 4.69) is 25.7 Å². The van der Waals surface area contributed by atoms with Gasteiger partial charge in [-0.25, -0.2) is 0 Å². The molecule has 0 amide bonds. The van der Waals surface area contributed by atoms with E-state index in [9.17, 15) is 9.90 Å². The molecule has 0 aliphatic heterocycles. The highest BCUT2D eigenvalue weighted by Crippen LogP contribution is 2.62. The highest BCUT2D eigenvalue weighted by molar-refractivity contribution is 5.75. The number of aliphatic carboxylic acids is 1. The van der Waals surface area contributed by atoms with Crippen LogP contribution in [0.15, 0.2) is 36.0 Å². The summed E-state index contributed by atoms with van der Waals surface area (Å²) in [6, 6.07) is 0. The third-order valence-corrected chi connectivity index (χ3v) is 6.61. The zero-order chi connectivity index (χ0) is 15.3. The Morgan fingerprint density at radius 2 is 2.19 bits per heavy atom. The summed E-state index contributed by atoms with van der Waals surface area (Å²) in [6.45, 7) is 8.21. The Balaban J connectivity index is 1.98. The van der Waals surface area contributed by atoms with Gasteiger partial charge in [0.05, 0.1) is 5.41 Å². The lowest BCUT2D eigenvalue weighted by Crippen LogP contribution is -2.53. The lowest BCUT2D eigenvalue weighted by atomic mass is 9.46. The maximum absolute atomic E-state index is 11.9. The van der Waals surface area contributed by atoms with Gasteiger partial charge >= 0.3 is 5.97 Å². The Labute approximate surface area is 127 Å². The van der Waals surface area contributed by atoms with Gasteiger partial charge < -0.3 is 5.11 Å². The van der Waals surface area contributed by atoms with Gasteiger partial charge in [-0.05, 0) is 61.9 Å². The summed E-state index contributed by atoms with van der Waals surface area (Å²) >= 11 is 0. The molecule has 2 saturated carbocycles. The van der Waals surface area contributed by atoms with Crippen molar-refractivity contribution in [2.24, 2.45) is 22.7 Å². The number of carboxylic acids is 1. The fourth-order valence-electron chi connectivity index (χ4n) is 5.41. The van der Waals surface area contributed by atoms with E-state index in [-0.39, 0.29) is 5.41 Å². The average molecular weight is 286 g/mol. The van der Waals surface area contributed by atoms with E-state index < -0.39 is 11.4 Å². The van der Waals surface area contributed by atoms with Crippen molar-refractivity contribution in [3.05, 3.63) is 36.0 Å². The minimum absolute atomic E-state index is 0.138. The van der Waals surface area contributed by atoms with E-state index in [1.165, 1.54) is 17.6 Å². The first kappa shape index (κ1) is 14.6. The van der Waals surface area contributed by atoms with Gasteiger partial charge in [-0.3, -0.25) is 4.79 Å². The molecule has 0 aromatic heterocycles. The predicted octanol–water partition coefficient (Wildman–Crippen LogP) is 4.74. The summed E-state index contributed by atoms with van der Waals surface area (Å²) in [5.41, 5.74) is 2.36. The van der Waals surface area contributed by atoms with Crippen LogP contribution in [-0.4, -0.2) is 11.1 Å². The van der Waals surface area contributed by atoms with E-state index >= 15 is 0 Å². The normalized spacial score (nSPS) is 42.2. The number of carbonyl (C=O) groups is 1. The number of carboxylic acid groups (broad SMARTS) is 1. The Morgan fingerprint density at radius 1 is 1.43 bits per heavy atom. The molecular weight excluding hydrogens is 260 g/mol.